The fourth-order valence-corrected chi connectivity index (χ4v) is 2.97. The third-order valence-corrected chi connectivity index (χ3v) is 4.10. The summed E-state index contributed by atoms with van der Waals surface area (Å²) < 4.78 is 31.7. The van der Waals surface area contributed by atoms with Crippen LogP contribution < -0.4 is 10.6 Å². The zero-order valence-electron chi connectivity index (χ0n) is 15.9. The third kappa shape index (κ3) is 8.70. The Kier molecular flexibility index (Phi) is 10.8. The van der Waals surface area contributed by atoms with E-state index >= 15 is 0 Å². The Bertz CT molecular complexity index is 568. The molecule has 0 radical (unpaired) electrons. The van der Waals surface area contributed by atoms with Gasteiger partial charge in [0.2, 0.25) is 5.91 Å². The van der Waals surface area contributed by atoms with Crippen molar-refractivity contribution in [1.29, 1.82) is 0 Å². The minimum Gasteiger partial charge on any atom is -0.480 e. The van der Waals surface area contributed by atoms with Gasteiger partial charge < -0.3 is 20.6 Å². The standard InChI is InChI=1S/C15H26N2O4.C2HF3O2/c1-4-6-10-8-11(15(20)21)17-13(10)14(16-9(3)18)12(19)7-5-2;3-2(4,5)1(6)7/h4,6,10-14,17,19H,5,7-8H2,1-3H3,(H,16,18)(H,20,21);(H,6,7)/b6-4-;/t10-,11-,12+,13-,14+;/m1./s1. The highest BCUT2D eigenvalue weighted by Gasteiger charge is 2.42. The lowest BCUT2D eigenvalue weighted by Crippen LogP contribution is -2.56. The van der Waals surface area contributed by atoms with Gasteiger partial charge in [0.25, 0.3) is 0 Å². The van der Waals surface area contributed by atoms with Crippen LogP contribution in [0.25, 0.3) is 0 Å². The zero-order chi connectivity index (χ0) is 22.1. The zero-order valence-corrected chi connectivity index (χ0v) is 15.9. The van der Waals surface area contributed by atoms with Crippen LogP contribution in [-0.4, -0.2) is 63.6 Å². The number of aliphatic hydroxyl groups excluding tert-OH is 1. The van der Waals surface area contributed by atoms with Crippen LogP contribution >= 0.6 is 0 Å². The molecule has 1 amide bonds. The molecular weight excluding hydrogens is 385 g/mol. The number of carbonyl (C=O) groups excluding carboxylic acids is 1. The van der Waals surface area contributed by atoms with Crippen LogP contribution in [0.3, 0.4) is 0 Å². The lowest BCUT2D eigenvalue weighted by atomic mass is 9.89. The number of hydrogen-bond donors (Lipinski definition) is 5. The van der Waals surface area contributed by atoms with E-state index in [0.29, 0.717) is 12.8 Å². The fraction of sp³-hybridized carbons (Fsp3) is 0.706. The summed E-state index contributed by atoms with van der Waals surface area (Å²) in [5, 5.41) is 32.4. The van der Waals surface area contributed by atoms with E-state index in [-0.39, 0.29) is 17.9 Å². The van der Waals surface area contributed by atoms with Crippen molar-refractivity contribution in [2.75, 3.05) is 0 Å². The molecule has 1 aliphatic heterocycles. The van der Waals surface area contributed by atoms with Gasteiger partial charge in [-0.2, -0.15) is 13.2 Å². The number of rotatable bonds is 7. The highest BCUT2D eigenvalue weighted by Crippen LogP contribution is 2.27. The Morgan fingerprint density at radius 3 is 2.18 bits per heavy atom. The maximum absolute atomic E-state index is 11.4. The van der Waals surface area contributed by atoms with Gasteiger partial charge in [0, 0.05) is 13.0 Å². The molecule has 1 saturated heterocycles. The quantitative estimate of drug-likeness (QED) is 0.398. The molecule has 1 aliphatic rings. The average Bonchev–Trinajstić information content (AvgIpc) is 2.96. The van der Waals surface area contributed by atoms with E-state index in [9.17, 15) is 33.0 Å². The van der Waals surface area contributed by atoms with Crippen LogP contribution in [0, 0.1) is 5.92 Å². The molecule has 28 heavy (non-hydrogen) atoms. The average molecular weight is 412 g/mol. The third-order valence-electron chi connectivity index (χ3n) is 4.10. The summed E-state index contributed by atoms with van der Waals surface area (Å²) >= 11 is 0. The Balaban J connectivity index is 0.000000887. The maximum Gasteiger partial charge on any atom is 0.490 e. The van der Waals surface area contributed by atoms with Crippen LogP contribution in [0.15, 0.2) is 12.2 Å². The monoisotopic (exact) mass is 412 g/mol. The first-order valence-corrected chi connectivity index (χ1v) is 8.72. The first-order valence-electron chi connectivity index (χ1n) is 8.72. The van der Waals surface area contributed by atoms with Gasteiger partial charge in [0.15, 0.2) is 0 Å². The summed E-state index contributed by atoms with van der Waals surface area (Å²) in [7, 11) is 0. The number of nitrogens with one attached hydrogen (secondary N) is 2. The number of halogens is 3. The van der Waals surface area contributed by atoms with Crippen molar-refractivity contribution >= 4 is 17.8 Å². The van der Waals surface area contributed by atoms with E-state index in [1.54, 1.807) is 0 Å². The summed E-state index contributed by atoms with van der Waals surface area (Å²) in [6.45, 7) is 5.24. The first-order chi connectivity index (χ1) is 12.8. The van der Waals surface area contributed by atoms with Crippen molar-refractivity contribution in [2.24, 2.45) is 5.92 Å². The second-order valence-corrected chi connectivity index (χ2v) is 6.39. The minimum absolute atomic E-state index is 0.0283. The van der Waals surface area contributed by atoms with Gasteiger partial charge in [-0.3, -0.25) is 14.9 Å². The summed E-state index contributed by atoms with van der Waals surface area (Å²) in [4.78, 5) is 31.5. The highest BCUT2D eigenvalue weighted by atomic mass is 19.4. The van der Waals surface area contributed by atoms with Crippen molar-refractivity contribution in [1.82, 2.24) is 10.6 Å². The number of allylic oxidation sites excluding steroid dienone is 1. The van der Waals surface area contributed by atoms with E-state index in [0.717, 1.165) is 6.42 Å². The smallest absolute Gasteiger partial charge is 0.480 e. The maximum atomic E-state index is 11.4. The molecule has 0 spiro atoms. The molecule has 0 aromatic carbocycles. The van der Waals surface area contributed by atoms with Crippen LogP contribution in [0.5, 0.6) is 0 Å². The molecule has 162 valence electrons. The van der Waals surface area contributed by atoms with Gasteiger partial charge in [-0.25, -0.2) is 4.79 Å². The summed E-state index contributed by atoms with van der Waals surface area (Å²) in [5.41, 5.74) is 0. The normalized spacial score (nSPS) is 24.2. The molecule has 0 aromatic rings. The number of carboxylic acid groups (broad SMARTS) is 2. The number of hydrogen-bond acceptors (Lipinski definition) is 5. The van der Waals surface area contributed by atoms with Crippen molar-refractivity contribution in [2.45, 2.75) is 70.4 Å². The topological polar surface area (TPSA) is 136 Å². The van der Waals surface area contributed by atoms with Gasteiger partial charge >= 0.3 is 18.1 Å². The van der Waals surface area contributed by atoms with E-state index in [1.165, 1.54) is 6.92 Å². The Morgan fingerprint density at radius 1 is 1.29 bits per heavy atom. The number of aliphatic hydroxyl groups is 1. The van der Waals surface area contributed by atoms with Crippen LogP contribution in [0.4, 0.5) is 13.2 Å². The number of carboxylic acids is 2. The highest BCUT2D eigenvalue weighted by molar-refractivity contribution is 5.75. The predicted molar refractivity (Wildman–Crippen MR) is 93.5 cm³/mol. The fourth-order valence-electron chi connectivity index (χ4n) is 2.97. The molecule has 1 fully saturated rings. The molecule has 0 unspecified atom stereocenters. The summed E-state index contributed by atoms with van der Waals surface area (Å²) in [6.07, 6.45) is -0.158. The molecule has 0 saturated carbocycles. The number of aliphatic carboxylic acids is 2. The lowest BCUT2D eigenvalue weighted by molar-refractivity contribution is -0.192. The minimum atomic E-state index is -5.08. The molecule has 5 atom stereocenters. The first kappa shape index (κ1) is 25.9. The van der Waals surface area contributed by atoms with Gasteiger partial charge in [-0.15, -0.1) is 0 Å². The predicted octanol–water partition coefficient (Wildman–Crippen LogP) is 1.29. The number of carbonyl (C=O) groups is 3. The van der Waals surface area contributed by atoms with Gasteiger partial charge in [-0.1, -0.05) is 25.5 Å². The van der Waals surface area contributed by atoms with Crippen molar-refractivity contribution in [3.63, 3.8) is 0 Å². The Labute approximate surface area is 160 Å². The Morgan fingerprint density at radius 2 is 1.82 bits per heavy atom. The van der Waals surface area contributed by atoms with Gasteiger partial charge in [-0.05, 0) is 25.7 Å². The molecule has 1 heterocycles. The Hall–Kier alpha value is -2.14. The van der Waals surface area contributed by atoms with Crippen molar-refractivity contribution < 1.29 is 42.9 Å². The summed E-state index contributed by atoms with van der Waals surface area (Å²) in [6, 6.07) is -1.43. The second kappa shape index (κ2) is 11.6. The van der Waals surface area contributed by atoms with E-state index in [2.05, 4.69) is 10.6 Å². The van der Waals surface area contributed by atoms with Gasteiger partial charge in [0.05, 0.1) is 12.1 Å². The van der Waals surface area contributed by atoms with Gasteiger partial charge in [0.1, 0.15) is 6.04 Å². The molecule has 11 heteroatoms. The molecule has 5 N–H and O–H groups in total. The molecule has 0 aliphatic carbocycles. The van der Waals surface area contributed by atoms with Crippen molar-refractivity contribution in [3.8, 4) is 0 Å². The molecular formula is C17H27F3N2O6. The van der Waals surface area contributed by atoms with E-state index in [1.807, 2.05) is 26.0 Å². The lowest BCUT2D eigenvalue weighted by Gasteiger charge is -2.32. The molecule has 0 bridgehead atoms. The number of alkyl halides is 3. The SMILES string of the molecule is C/C=C\[C@@H]1C[C@H](C(=O)O)N[C@H]1[C@@H](NC(C)=O)[C@@H](O)CCC.O=C(O)C(F)(F)F. The van der Waals surface area contributed by atoms with E-state index < -0.39 is 36.3 Å². The van der Waals surface area contributed by atoms with E-state index in [4.69, 9.17) is 9.90 Å². The molecule has 1 rings (SSSR count). The molecule has 0 aromatic heterocycles. The van der Waals surface area contributed by atoms with Crippen LogP contribution in [0.1, 0.15) is 40.0 Å². The number of amides is 1. The van der Waals surface area contributed by atoms with Crippen molar-refractivity contribution in [3.05, 3.63) is 12.2 Å². The second-order valence-electron chi connectivity index (χ2n) is 6.39. The summed E-state index contributed by atoms with van der Waals surface area (Å²) in [5.74, 6) is -3.92. The van der Waals surface area contributed by atoms with Crippen LogP contribution in [0.2, 0.25) is 0 Å². The largest absolute Gasteiger partial charge is 0.490 e. The molecule has 8 nitrogen and oxygen atoms in total. The van der Waals surface area contributed by atoms with Crippen LogP contribution in [-0.2, 0) is 14.4 Å².